The minimum atomic E-state index is -4.51. The number of alkyl halides is 3. The maximum absolute atomic E-state index is 13.2. The summed E-state index contributed by atoms with van der Waals surface area (Å²) in [6.07, 6.45) is 0.745. The number of nitrogens with zero attached hydrogens (tertiary/aromatic N) is 3. The van der Waals surface area contributed by atoms with Crippen LogP contribution in [-0.4, -0.2) is 35.4 Å². The minimum Gasteiger partial charge on any atom is -0.444 e. The van der Waals surface area contributed by atoms with Gasteiger partial charge in [0.05, 0.1) is 11.6 Å². The number of hydrazine groups is 1. The molecule has 4 N–H and O–H groups in total. The fraction of sp³-hybridized carbons (Fsp3) is 0.458. The Labute approximate surface area is 203 Å². The first-order chi connectivity index (χ1) is 16.2. The van der Waals surface area contributed by atoms with Crippen LogP contribution in [0.4, 0.5) is 23.7 Å². The van der Waals surface area contributed by atoms with Crippen LogP contribution in [-0.2, 0) is 10.9 Å². The van der Waals surface area contributed by atoms with Crippen LogP contribution in [0.5, 0.6) is 0 Å². The number of alkyl carbamates (subject to hydrolysis) is 1. The van der Waals surface area contributed by atoms with E-state index in [1.54, 1.807) is 38.8 Å². The van der Waals surface area contributed by atoms with Crippen LogP contribution >= 0.6 is 0 Å². The summed E-state index contributed by atoms with van der Waals surface area (Å²) in [6.45, 7) is 11.0. The number of amides is 1. The molecule has 0 saturated heterocycles. The number of benzene rings is 1. The summed E-state index contributed by atoms with van der Waals surface area (Å²) in [6, 6.07) is 2.79. The molecule has 35 heavy (non-hydrogen) atoms. The number of allylic oxidation sites excluding steroid dienone is 2. The number of nitrogen functional groups attached to an aromatic ring is 1. The molecule has 0 spiro atoms. The van der Waals surface area contributed by atoms with Crippen molar-refractivity contribution in [3.05, 3.63) is 52.9 Å². The van der Waals surface area contributed by atoms with Gasteiger partial charge in [-0.2, -0.15) is 13.2 Å². The molecule has 192 valence electrons. The fourth-order valence-electron chi connectivity index (χ4n) is 3.18. The second kappa shape index (κ2) is 11.3. The van der Waals surface area contributed by atoms with Crippen LogP contribution in [0, 0.1) is 0 Å². The summed E-state index contributed by atoms with van der Waals surface area (Å²) in [5.74, 6) is 0.349. The molecule has 0 radical (unpaired) electrons. The highest BCUT2D eigenvalue weighted by molar-refractivity contribution is 6.03. The van der Waals surface area contributed by atoms with Gasteiger partial charge in [0.15, 0.2) is 5.84 Å². The minimum absolute atomic E-state index is 0.0119. The number of hydrogen-bond donors (Lipinski definition) is 3. The van der Waals surface area contributed by atoms with Crippen molar-refractivity contribution in [2.75, 3.05) is 12.3 Å². The van der Waals surface area contributed by atoms with Crippen molar-refractivity contribution in [1.29, 1.82) is 0 Å². The highest BCUT2D eigenvalue weighted by Gasteiger charge is 2.31. The molecule has 1 atom stereocenters. The van der Waals surface area contributed by atoms with E-state index >= 15 is 0 Å². The SMILES string of the molecule is CC/C=C1/C(=N[C@H](C)c2cc(N)cc(C(F)(F)F)c2)N=CNN1/C(C)=C/CNC(=O)OC(C)(C)C. The van der Waals surface area contributed by atoms with Gasteiger partial charge in [-0.05, 0) is 70.9 Å². The van der Waals surface area contributed by atoms with Gasteiger partial charge in [0.1, 0.15) is 17.6 Å². The summed E-state index contributed by atoms with van der Waals surface area (Å²) in [4.78, 5) is 20.8. The van der Waals surface area contributed by atoms with Gasteiger partial charge >= 0.3 is 12.3 Å². The third kappa shape index (κ3) is 8.34. The Morgan fingerprint density at radius 2 is 2.00 bits per heavy atom. The zero-order valence-corrected chi connectivity index (χ0v) is 20.8. The molecule has 1 aromatic rings. The lowest BCUT2D eigenvalue weighted by Crippen LogP contribution is -2.41. The van der Waals surface area contributed by atoms with Gasteiger partial charge in [0.2, 0.25) is 0 Å². The number of rotatable bonds is 6. The van der Waals surface area contributed by atoms with E-state index in [2.05, 4.69) is 20.7 Å². The molecule has 1 aliphatic heterocycles. The Morgan fingerprint density at radius 3 is 2.60 bits per heavy atom. The van der Waals surface area contributed by atoms with E-state index in [0.29, 0.717) is 23.5 Å². The molecule has 8 nitrogen and oxygen atoms in total. The van der Waals surface area contributed by atoms with Crippen molar-refractivity contribution in [3.8, 4) is 0 Å². The molecule has 1 aromatic carbocycles. The number of aliphatic imine (C=N–C) groups is 2. The number of nitrogens with two attached hydrogens (primary N) is 1. The first-order valence-corrected chi connectivity index (χ1v) is 11.2. The van der Waals surface area contributed by atoms with Crippen molar-refractivity contribution in [1.82, 2.24) is 15.8 Å². The van der Waals surface area contributed by atoms with E-state index < -0.39 is 29.5 Å². The maximum Gasteiger partial charge on any atom is 0.416 e. The maximum atomic E-state index is 13.2. The number of ether oxygens (including phenoxy) is 1. The molecule has 0 saturated carbocycles. The molecule has 11 heteroatoms. The number of anilines is 1. The Hall–Kier alpha value is -3.50. The van der Waals surface area contributed by atoms with Crippen molar-refractivity contribution >= 4 is 24.0 Å². The molecule has 2 rings (SSSR count). The van der Waals surface area contributed by atoms with E-state index in [0.717, 1.165) is 17.8 Å². The molecule has 0 bridgehead atoms. The number of nitrogens with one attached hydrogen (secondary N) is 2. The van der Waals surface area contributed by atoms with Crippen molar-refractivity contribution in [3.63, 3.8) is 0 Å². The summed E-state index contributed by atoms with van der Waals surface area (Å²) in [5.41, 5.74) is 9.03. The van der Waals surface area contributed by atoms with Crippen molar-refractivity contribution in [2.24, 2.45) is 9.98 Å². The third-order valence-corrected chi connectivity index (χ3v) is 4.74. The lowest BCUT2D eigenvalue weighted by Gasteiger charge is -2.30. The molecule has 0 unspecified atom stereocenters. The molecular weight excluding hydrogens is 461 g/mol. The van der Waals surface area contributed by atoms with E-state index in [4.69, 9.17) is 10.5 Å². The molecule has 1 amide bonds. The average Bonchev–Trinajstić information content (AvgIpc) is 2.72. The summed E-state index contributed by atoms with van der Waals surface area (Å²) in [5, 5.41) is 4.40. The Balaban J connectivity index is 2.26. The fourth-order valence-corrected chi connectivity index (χ4v) is 3.18. The standard InChI is InChI=1S/C24H33F3N6O2/c1-7-8-20-21(32-16(3)17-11-18(24(25,26)27)13-19(28)12-17)30-14-31-33(20)15(2)9-10-29-22(34)35-23(4,5)6/h8-9,11-14,16H,7,10,28H2,1-6H3,(H,29,34)(H,30,31,32)/b15-9+,20-8-/t16-/m1/s1. The van der Waals surface area contributed by atoms with Gasteiger partial charge in [-0.3, -0.25) is 15.4 Å². The molecule has 0 aliphatic carbocycles. The van der Waals surface area contributed by atoms with Crippen molar-refractivity contribution in [2.45, 2.75) is 65.8 Å². The van der Waals surface area contributed by atoms with Crippen LogP contribution in [0.25, 0.3) is 0 Å². The highest BCUT2D eigenvalue weighted by atomic mass is 19.4. The zero-order chi connectivity index (χ0) is 26.4. The number of carbonyl (C=O) groups excluding carboxylic acids is 1. The van der Waals surface area contributed by atoms with Gasteiger partial charge in [-0.1, -0.05) is 13.0 Å². The van der Waals surface area contributed by atoms with Crippen LogP contribution in [0.1, 0.15) is 65.1 Å². The van der Waals surface area contributed by atoms with Gasteiger partial charge in [-0.25, -0.2) is 9.79 Å². The normalized spacial score (nSPS) is 18.0. The second-order valence-corrected chi connectivity index (χ2v) is 8.96. The summed E-state index contributed by atoms with van der Waals surface area (Å²) < 4.78 is 44.9. The monoisotopic (exact) mass is 494 g/mol. The van der Waals surface area contributed by atoms with E-state index in [9.17, 15) is 18.0 Å². The Kier molecular flexibility index (Phi) is 8.94. The van der Waals surface area contributed by atoms with Crippen molar-refractivity contribution < 1.29 is 22.7 Å². The number of halogens is 3. The van der Waals surface area contributed by atoms with E-state index in [1.807, 2.05) is 19.9 Å². The van der Waals surface area contributed by atoms with Gasteiger partial charge < -0.3 is 15.8 Å². The van der Waals surface area contributed by atoms with Crippen LogP contribution in [0.3, 0.4) is 0 Å². The summed E-state index contributed by atoms with van der Waals surface area (Å²) in [7, 11) is 0. The van der Waals surface area contributed by atoms with E-state index in [-0.39, 0.29) is 12.2 Å². The van der Waals surface area contributed by atoms with Crippen LogP contribution < -0.4 is 16.5 Å². The topological polar surface area (TPSA) is 104 Å². The van der Waals surface area contributed by atoms with Gasteiger partial charge in [0.25, 0.3) is 0 Å². The highest BCUT2D eigenvalue weighted by Crippen LogP contribution is 2.33. The van der Waals surface area contributed by atoms with Crippen LogP contribution in [0.15, 0.2) is 51.7 Å². The quantitative estimate of drug-likeness (QED) is 0.465. The molecule has 1 aliphatic rings. The molecule has 1 heterocycles. The number of amidine groups is 1. The van der Waals surface area contributed by atoms with Gasteiger partial charge in [-0.15, -0.1) is 0 Å². The lowest BCUT2D eigenvalue weighted by atomic mass is 10.0. The lowest BCUT2D eigenvalue weighted by molar-refractivity contribution is -0.137. The molecular formula is C24H33F3N6O2. The Morgan fingerprint density at radius 1 is 1.31 bits per heavy atom. The number of carbonyl (C=O) groups is 1. The molecule has 0 fully saturated rings. The average molecular weight is 495 g/mol. The Bertz CT molecular complexity index is 1040. The second-order valence-electron chi connectivity index (χ2n) is 8.96. The third-order valence-electron chi connectivity index (χ3n) is 4.74. The van der Waals surface area contributed by atoms with Gasteiger partial charge in [0, 0.05) is 17.9 Å². The summed E-state index contributed by atoms with van der Waals surface area (Å²) >= 11 is 0. The first-order valence-electron chi connectivity index (χ1n) is 11.2. The smallest absolute Gasteiger partial charge is 0.416 e. The number of hydrogen-bond acceptors (Lipinski definition) is 6. The zero-order valence-electron chi connectivity index (χ0n) is 20.8. The van der Waals surface area contributed by atoms with Crippen LogP contribution in [0.2, 0.25) is 0 Å². The predicted molar refractivity (Wildman–Crippen MR) is 132 cm³/mol. The first kappa shape index (κ1) is 27.7. The van der Waals surface area contributed by atoms with E-state index in [1.165, 1.54) is 12.4 Å². The molecule has 0 aromatic heterocycles. The predicted octanol–water partition coefficient (Wildman–Crippen LogP) is 5.32. The largest absolute Gasteiger partial charge is 0.444 e.